The average molecular weight is 442 g/mol. The number of rotatable bonds is 7. The zero-order chi connectivity index (χ0) is 22.2. The van der Waals surface area contributed by atoms with E-state index in [9.17, 15) is 18.9 Å². The van der Waals surface area contributed by atoms with Crippen LogP contribution in [-0.4, -0.2) is 39.2 Å². The van der Waals surface area contributed by atoms with Crippen LogP contribution >= 0.6 is 0 Å². The lowest BCUT2D eigenvalue weighted by molar-refractivity contribution is -0.139. The number of carboxylic acid groups (broad SMARTS) is 1. The van der Waals surface area contributed by atoms with Crippen molar-refractivity contribution in [2.24, 2.45) is 0 Å². The van der Waals surface area contributed by atoms with Crippen molar-refractivity contribution in [3.05, 3.63) is 64.7 Å². The van der Waals surface area contributed by atoms with E-state index < -0.39 is 21.7 Å². The lowest BCUT2D eigenvalue weighted by Gasteiger charge is -2.15. The monoisotopic (exact) mass is 441 g/mol. The van der Waals surface area contributed by atoms with E-state index in [4.69, 9.17) is 9.52 Å². The number of para-hydroxylation sites is 1. The number of carboxylic acids is 1. The third-order valence-electron chi connectivity index (χ3n) is 5.33. The number of aliphatic carboxylic acids is 1. The van der Waals surface area contributed by atoms with Crippen LogP contribution in [0.3, 0.4) is 0 Å². The van der Waals surface area contributed by atoms with Gasteiger partial charge in [0.25, 0.3) is 5.91 Å². The standard InChI is InChI=1S/C22H23N3O5S/c1-31(23,29)9-8-18(22(27)28)24-11-13-6-7-15-14(10-13)12-30-20(15)19-16-4-2-3-5-17(16)25-21(19)26/h2-7,10,18,23-24H,8-9,11-12H2,1H3,(H,25,26)(H,27,28). The van der Waals surface area contributed by atoms with Crippen molar-refractivity contribution in [3.63, 3.8) is 0 Å². The minimum atomic E-state index is -2.74. The molecular weight excluding hydrogens is 418 g/mol. The molecule has 4 N–H and O–H groups in total. The van der Waals surface area contributed by atoms with Gasteiger partial charge in [0.1, 0.15) is 18.4 Å². The zero-order valence-electron chi connectivity index (χ0n) is 16.9. The van der Waals surface area contributed by atoms with E-state index in [0.717, 1.165) is 27.9 Å². The molecule has 8 nitrogen and oxygen atoms in total. The van der Waals surface area contributed by atoms with E-state index in [1.54, 1.807) is 0 Å². The van der Waals surface area contributed by atoms with Crippen molar-refractivity contribution in [2.45, 2.75) is 25.6 Å². The Morgan fingerprint density at radius 2 is 2.06 bits per heavy atom. The van der Waals surface area contributed by atoms with Gasteiger partial charge in [-0.3, -0.25) is 18.6 Å². The molecule has 2 aromatic carbocycles. The van der Waals surface area contributed by atoms with Gasteiger partial charge in [-0.1, -0.05) is 36.4 Å². The highest BCUT2D eigenvalue weighted by molar-refractivity contribution is 7.91. The second-order valence-electron chi connectivity index (χ2n) is 7.75. The summed E-state index contributed by atoms with van der Waals surface area (Å²) < 4.78 is 24.9. The molecule has 31 heavy (non-hydrogen) atoms. The third-order valence-corrected chi connectivity index (χ3v) is 6.35. The van der Waals surface area contributed by atoms with Gasteiger partial charge in [-0.15, -0.1) is 0 Å². The average Bonchev–Trinajstić information content (AvgIpc) is 3.25. The van der Waals surface area contributed by atoms with Gasteiger partial charge in [0.2, 0.25) is 0 Å². The second-order valence-corrected chi connectivity index (χ2v) is 10.2. The molecule has 2 aliphatic rings. The molecule has 0 fully saturated rings. The molecule has 0 saturated carbocycles. The lowest BCUT2D eigenvalue weighted by atomic mass is 9.99. The number of nitrogens with one attached hydrogen (secondary N) is 3. The molecule has 2 aliphatic heterocycles. The number of carbonyl (C=O) groups is 2. The first-order valence-electron chi connectivity index (χ1n) is 9.80. The fourth-order valence-electron chi connectivity index (χ4n) is 3.77. The van der Waals surface area contributed by atoms with E-state index in [-0.39, 0.29) is 18.1 Å². The first kappa shape index (κ1) is 21.1. The Morgan fingerprint density at radius 1 is 1.29 bits per heavy atom. The molecular formula is C22H23N3O5S. The Hall–Kier alpha value is -3.17. The highest BCUT2D eigenvalue weighted by Crippen LogP contribution is 2.41. The van der Waals surface area contributed by atoms with Crippen LogP contribution in [0.2, 0.25) is 0 Å². The van der Waals surface area contributed by atoms with Gasteiger partial charge in [-0.05, 0) is 18.1 Å². The van der Waals surface area contributed by atoms with Gasteiger partial charge in [-0.2, -0.15) is 0 Å². The first-order valence-corrected chi connectivity index (χ1v) is 11.9. The number of carbonyl (C=O) groups excluding carboxylic acids is 1. The Morgan fingerprint density at radius 3 is 2.81 bits per heavy atom. The number of fused-ring (bicyclic) bond motifs is 2. The molecule has 4 rings (SSSR count). The van der Waals surface area contributed by atoms with E-state index in [1.165, 1.54) is 6.26 Å². The highest BCUT2D eigenvalue weighted by Gasteiger charge is 2.32. The van der Waals surface area contributed by atoms with Gasteiger partial charge >= 0.3 is 5.97 Å². The number of anilines is 1. The van der Waals surface area contributed by atoms with Crippen LogP contribution < -0.4 is 10.6 Å². The molecule has 0 bridgehead atoms. The Kier molecular flexibility index (Phi) is 5.55. The maximum absolute atomic E-state index is 12.5. The molecule has 2 unspecified atom stereocenters. The van der Waals surface area contributed by atoms with Crippen LogP contribution in [0.15, 0.2) is 42.5 Å². The quantitative estimate of drug-likeness (QED) is 0.489. The van der Waals surface area contributed by atoms with E-state index >= 15 is 0 Å². The summed E-state index contributed by atoms with van der Waals surface area (Å²) in [6.45, 7) is 0.638. The van der Waals surface area contributed by atoms with E-state index in [2.05, 4.69) is 10.6 Å². The van der Waals surface area contributed by atoms with Crippen LogP contribution in [0.25, 0.3) is 11.3 Å². The summed E-state index contributed by atoms with van der Waals surface area (Å²) in [6.07, 6.45) is 1.43. The fraction of sp³-hybridized carbons (Fsp3) is 0.273. The number of hydrogen-bond acceptors (Lipinski definition) is 6. The molecule has 9 heteroatoms. The summed E-state index contributed by atoms with van der Waals surface area (Å²) >= 11 is 0. The Bertz CT molecular complexity index is 1200. The molecule has 162 valence electrons. The SMILES string of the molecule is CS(=N)(=O)CCC(NCc1ccc2c(c1)COC2=C1C(=O)Nc2ccccc21)C(=O)O. The summed E-state index contributed by atoms with van der Waals surface area (Å²) in [5, 5.41) is 15.2. The van der Waals surface area contributed by atoms with Crippen molar-refractivity contribution in [1.82, 2.24) is 5.32 Å². The minimum absolute atomic E-state index is 0.0233. The first-order chi connectivity index (χ1) is 14.7. The van der Waals surface area contributed by atoms with E-state index in [1.807, 2.05) is 42.5 Å². The van der Waals surface area contributed by atoms with Crippen LogP contribution in [0.1, 0.15) is 28.7 Å². The topological polar surface area (TPSA) is 129 Å². The second kappa shape index (κ2) is 8.16. The number of amides is 1. The summed E-state index contributed by atoms with van der Waals surface area (Å²) in [6, 6.07) is 12.3. The Balaban J connectivity index is 1.53. The molecule has 0 aliphatic carbocycles. The number of ether oxygens (including phenoxy) is 1. The van der Waals surface area contributed by atoms with Crippen LogP contribution in [-0.2, 0) is 37.2 Å². The van der Waals surface area contributed by atoms with Crippen molar-refractivity contribution in [3.8, 4) is 0 Å². The maximum Gasteiger partial charge on any atom is 0.320 e. The molecule has 2 aromatic rings. The van der Waals surface area contributed by atoms with Crippen molar-refractivity contribution >= 4 is 38.6 Å². The summed E-state index contributed by atoms with van der Waals surface area (Å²) in [4.78, 5) is 24.0. The molecule has 1 amide bonds. The highest BCUT2D eigenvalue weighted by atomic mass is 32.2. The van der Waals surface area contributed by atoms with Crippen molar-refractivity contribution < 1.29 is 23.6 Å². The van der Waals surface area contributed by atoms with Crippen LogP contribution in [0.4, 0.5) is 5.69 Å². The fourth-order valence-corrected chi connectivity index (χ4v) is 4.46. The summed E-state index contributed by atoms with van der Waals surface area (Å²) in [5.74, 6) is -0.657. The molecule has 0 saturated heterocycles. The largest absolute Gasteiger partial charge is 0.487 e. The molecule has 2 heterocycles. The molecule has 0 spiro atoms. The minimum Gasteiger partial charge on any atom is -0.487 e. The van der Waals surface area contributed by atoms with Crippen LogP contribution in [0, 0.1) is 4.78 Å². The smallest absolute Gasteiger partial charge is 0.320 e. The summed E-state index contributed by atoms with van der Waals surface area (Å²) in [5.41, 5.74) is 4.74. The van der Waals surface area contributed by atoms with Gasteiger partial charge in [-0.25, -0.2) is 0 Å². The molecule has 2 atom stereocenters. The lowest BCUT2D eigenvalue weighted by Crippen LogP contribution is -2.37. The van der Waals surface area contributed by atoms with Gasteiger partial charge in [0.05, 0.1) is 5.57 Å². The zero-order valence-corrected chi connectivity index (χ0v) is 17.8. The van der Waals surface area contributed by atoms with Crippen molar-refractivity contribution in [2.75, 3.05) is 17.3 Å². The maximum atomic E-state index is 12.5. The third kappa shape index (κ3) is 4.47. The van der Waals surface area contributed by atoms with Gasteiger partial charge in [0.15, 0.2) is 0 Å². The molecule has 0 aromatic heterocycles. The van der Waals surface area contributed by atoms with Crippen molar-refractivity contribution in [1.29, 1.82) is 4.78 Å². The predicted molar refractivity (Wildman–Crippen MR) is 118 cm³/mol. The Labute approximate surface area is 180 Å². The predicted octanol–water partition coefficient (Wildman–Crippen LogP) is 2.65. The molecule has 0 radical (unpaired) electrons. The normalized spacial score (nSPS) is 19.7. The number of hydrogen-bond donors (Lipinski definition) is 4. The van der Waals surface area contributed by atoms with Crippen LogP contribution in [0.5, 0.6) is 0 Å². The summed E-state index contributed by atoms with van der Waals surface area (Å²) in [7, 11) is -2.74. The van der Waals surface area contributed by atoms with Gasteiger partial charge in [0, 0.05) is 50.7 Å². The van der Waals surface area contributed by atoms with E-state index in [0.29, 0.717) is 24.5 Å². The number of benzene rings is 2. The van der Waals surface area contributed by atoms with Gasteiger partial charge < -0.3 is 20.5 Å².